The molecule has 0 fully saturated rings. The minimum absolute atomic E-state index is 0.169. The van der Waals surface area contributed by atoms with Crippen molar-refractivity contribution in [3.05, 3.63) is 0 Å². The summed E-state index contributed by atoms with van der Waals surface area (Å²) in [6, 6.07) is 0. The molecule has 0 aliphatic heterocycles. The van der Waals surface area contributed by atoms with Gasteiger partial charge in [-0.2, -0.15) is 17.6 Å². The monoisotopic (exact) mass is 226 g/mol. The van der Waals surface area contributed by atoms with Crippen molar-refractivity contribution < 1.29 is 30.7 Å². The lowest BCUT2D eigenvalue weighted by Gasteiger charge is -2.30. The van der Waals surface area contributed by atoms with E-state index in [4.69, 9.17) is 0 Å². The Morgan fingerprint density at radius 2 is 1.36 bits per heavy atom. The van der Waals surface area contributed by atoms with E-state index in [1.807, 2.05) is 0 Å². The predicted octanol–water partition coefficient (Wildman–Crippen LogP) is 3.66. The van der Waals surface area contributed by atoms with Crippen molar-refractivity contribution in [2.75, 3.05) is 0 Å². The second-order valence-corrected chi connectivity index (χ2v) is 3.00. The fraction of sp³-hybridized carbons (Fsp3) is 1.00. The number of rotatable bonds is 4. The molecular weight excluding hydrogens is 217 g/mol. The first kappa shape index (κ1) is 13.5. The summed E-state index contributed by atoms with van der Waals surface area (Å²) >= 11 is 0. The minimum Gasteiger partial charge on any atom is -0.234 e. The third kappa shape index (κ3) is 2.30. The van der Waals surface area contributed by atoms with Crippen LogP contribution in [-0.4, -0.2) is 23.9 Å². The van der Waals surface area contributed by atoms with Gasteiger partial charge in [-0.3, -0.25) is 0 Å². The van der Waals surface area contributed by atoms with E-state index in [9.17, 15) is 30.7 Å². The second kappa shape index (κ2) is 3.58. The average molecular weight is 226 g/mol. The van der Waals surface area contributed by atoms with E-state index < -0.39 is 30.4 Å². The van der Waals surface area contributed by atoms with E-state index in [0.29, 0.717) is 6.92 Å². The Morgan fingerprint density at radius 3 is 1.57 bits per heavy atom. The van der Waals surface area contributed by atoms with Gasteiger partial charge in [0.05, 0.1) is 0 Å². The highest BCUT2D eigenvalue weighted by atomic mass is 19.3. The van der Waals surface area contributed by atoms with Crippen molar-refractivity contribution in [2.45, 2.75) is 44.2 Å². The molecule has 0 saturated heterocycles. The number of hydrogen-bond donors (Lipinski definition) is 0. The smallest absolute Gasteiger partial charge is 0.234 e. The number of hydrogen-bond acceptors (Lipinski definition) is 0. The summed E-state index contributed by atoms with van der Waals surface area (Å²) in [5.41, 5.74) is 0. The van der Waals surface area contributed by atoms with Crippen LogP contribution < -0.4 is 0 Å². The summed E-state index contributed by atoms with van der Waals surface area (Å²) in [6.45, 7) is 0.492. The lowest BCUT2D eigenvalue weighted by Crippen LogP contribution is -2.53. The summed E-state index contributed by atoms with van der Waals surface area (Å²) < 4.78 is 86.3. The molecule has 0 amide bonds. The zero-order valence-corrected chi connectivity index (χ0v) is 7.43. The predicted molar refractivity (Wildman–Crippen MR) is 35.7 cm³/mol. The zero-order valence-electron chi connectivity index (χ0n) is 7.43. The Kier molecular flexibility index (Phi) is 3.46. The van der Waals surface area contributed by atoms with Crippen LogP contribution in [0.15, 0.2) is 0 Å². The second-order valence-electron chi connectivity index (χ2n) is 3.00. The Hall–Kier alpha value is -0.490. The van der Waals surface area contributed by atoms with E-state index >= 15 is 0 Å². The van der Waals surface area contributed by atoms with Crippen LogP contribution in [0.3, 0.4) is 0 Å². The van der Waals surface area contributed by atoms with E-state index in [1.54, 1.807) is 0 Å². The Morgan fingerprint density at radius 1 is 1.00 bits per heavy atom. The lowest BCUT2D eigenvalue weighted by atomic mass is 10.0. The van der Waals surface area contributed by atoms with Crippen LogP contribution >= 0.6 is 0 Å². The van der Waals surface area contributed by atoms with E-state index in [1.165, 1.54) is 0 Å². The normalized spacial score (nSPS) is 16.9. The molecule has 0 saturated carbocycles. The first-order valence-electron chi connectivity index (χ1n) is 3.74. The molecule has 0 aliphatic rings. The van der Waals surface area contributed by atoms with Crippen LogP contribution in [0, 0.1) is 0 Å². The van der Waals surface area contributed by atoms with Gasteiger partial charge in [-0.25, -0.2) is 13.2 Å². The Balaban J connectivity index is 4.96. The summed E-state index contributed by atoms with van der Waals surface area (Å²) in [6.07, 6.45) is -5.60. The van der Waals surface area contributed by atoms with Gasteiger partial charge in [0, 0.05) is 13.3 Å². The summed E-state index contributed by atoms with van der Waals surface area (Å²) in [5.74, 6) is -14.6. The highest BCUT2D eigenvalue weighted by Gasteiger charge is 2.66. The average Bonchev–Trinajstić information content (AvgIpc) is 2.01. The van der Waals surface area contributed by atoms with Gasteiger partial charge in [0.25, 0.3) is 5.92 Å². The topological polar surface area (TPSA) is 0 Å². The van der Waals surface area contributed by atoms with Crippen molar-refractivity contribution in [3.63, 3.8) is 0 Å². The molecule has 7 heteroatoms. The maximum Gasteiger partial charge on any atom is 0.346 e. The molecule has 0 heterocycles. The molecule has 0 unspecified atom stereocenters. The van der Waals surface area contributed by atoms with Crippen LogP contribution in [0.4, 0.5) is 30.7 Å². The van der Waals surface area contributed by atoms with E-state index in [0.717, 1.165) is 0 Å². The largest absolute Gasteiger partial charge is 0.346 e. The molecule has 0 nitrogen and oxygen atoms in total. The highest BCUT2D eigenvalue weighted by molar-refractivity contribution is 4.95. The Bertz CT molecular complexity index is 193. The molecule has 86 valence electrons. The first-order chi connectivity index (χ1) is 5.97. The molecular formula is C7H9F7. The summed E-state index contributed by atoms with van der Waals surface area (Å²) in [5, 5.41) is 0. The quantitative estimate of drug-likeness (QED) is 0.641. The van der Waals surface area contributed by atoms with Crippen molar-refractivity contribution >= 4 is 0 Å². The van der Waals surface area contributed by atoms with Gasteiger partial charge in [0.15, 0.2) is 0 Å². The van der Waals surface area contributed by atoms with Gasteiger partial charge < -0.3 is 0 Å². The van der Waals surface area contributed by atoms with Gasteiger partial charge in [-0.15, -0.1) is 0 Å². The molecule has 0 bridgehead atoms. The highest BCUT2D eigenvalue weighted by Crippen LogP contribution is 2.45. The minimum atomic E-state index is -5.36. The van der Waals surface area contributed by atoms with Crippen molar-refractivity contribution in [1.82, 2.24) is 0 Å². The molecule has 0 radical (unpaired) electrons. The van der Waals surface area contributed by atoms with E-state index in [2.05, 4.69) is 0 Å². The van der Waals surface area contributed by atoms with Crippen molar-refractivity contribution in [3.8, 4) is 0 Å². The molecule has 0 rings (SSSR count). The van der Waals surface area contributed by atoms with Gasteiger partial charge in [-0.05, 0) is 0 Å². The standard InChI is InChI=1S/C7H9F7/c1-3-6(11,12)7(13,14)4(8)5(2,9)10/h4H,3H2,1-2H3/t4-/m0/s1. The third-order valence-electron chi connectivity index (χ3n) is 1.70. The SMILES string of the molecule is CCC(F)(F)C(F)(F)[C@@H](F)C(C)(F)F. The van der Waals surface area contributed by atoms with Gasteiger partial charge in [0.1, 0.15) is 0 Å². The van der Waals surface area contributed by atoms with Crippen LogP contribution in [0.25, 0.3) is 0 Å². The molecule has 14 heavy (non-hydrogen) atoms. The maximum absolute atomic E-state index is 12.5. The molecule has 0 N–H and O–H groups in total. The third-order valence-corrected chi connectivity index (χ3v) is 1.70. The van der Waals surface area contributed by atoms with E-state index in [-0.39, 0.29) is 6.92 Å². The lowest BCUT2D eigenvalue weighted by molar-refractivity contribution is -0.274. The van der Waals surface area contributed by atoms with Gasteiger partial charge in [0.2, 0.25) is 6.17 Å². The molecule has 0 spiro atoms. The summed E-state index contributed by atoms with van der Waals surface area (Å²) in [7, 11) is 0. The zero-order chi connectivity index (χ0) is 11.8. The molecule has 1 atom stereocenters. The fourth-order valence-electron chi connectivity index (χ4n) is 0.739. The maximum atomic E-state index is 12.5. The van der Waals surface area contributed by atoms with Crippen LogP contribution in [-0.2, 0) is 0 Å². The van der Waals surface area contributed by atoms with Crippen LogP contribution in [0.1, 0.15) is 20.3 Å². The fourth-order valence-corrected chi connectivity index (χ4v) is 0.739. The number of alkyl halides is 7. The van der Waals surface area contributed by atoms with Crippen LogP contribution in [0.5, 0.6) is 0 Å². The first-order valence-corrected chi connectivity index (χ1v) is 3.74. The van der Waals surface area contributed by atoms with Gasteiger partial charge in [-0.1, -0.05) is 6.92 Å². The van der Waals surface area contributed by atoms with Crippen molar-refractivity contribution in [2.24, 2.45) is 0 Å². The number of halogens is 7. The Labute approximate surface area is 76.1 Å². The summed E-state index contributed by atoms with van der Waals surface area (Å²) in [4.78, 5) is 0. The molecule has 0 aromatic rings. The van der Waals surface area contributed by atoms with Gasteiger partial charge >= 0.3 is 11.8 Å². The van der Waals surface area contributed by atoms with Crippen molar-refractivity contribution in [1.29, 1.82) is 0 Å². The molecule has 0 aromatic carbocycles. The molecule has 0 aliphatic carbocycles. The van der Waals surface area contributed by atoms with Crippen LogP contribution in [0.2, 0.25) is 0 Å². The molecule has 0 aromatic heterocycles.